The number of amides is 3. The SMILES string of the molecule is NC(=O)NCCCCCC(=O)OCC(=O)Nc1c(Cl)cccc1Cl. The predicted molar refractivity (Wildman–Crippen MR) is 92.1 cm³/mol. The highest BCUT2D eigenvalue weighted by Gasteiger charge is 2.11. The van der Waals surface area contributed by atoms with Crippen LogP contribution in [0.5, 0.6) is 0 Å². The maximum Gasteiger partial charge on any atom is 0.312 e. The van der Waals surface area contributed by atoms with Gasteiger partial charge in [0.25, 0.3) is 5.91 Å². The van der Waals surface area contributed by atoms with Gasteiger partial charge in [0.2, 0.25) is 0 Å². The molecule has 7 nitrogen and oxygen atoms in total. The normalized spacial score (nSPS) is 10.1. The summed E-state index contributed by atoms with van der Waals surface area (Å²) in [5.41, 5.74) is 5.20. The standard InChI is InChI=1S/C15H19Cl2N3O4/c16-10-5-4-6-11(17)14(10)20-12(21)9-24-13(22)7-2-1-3-8-19-15(18)23/h4-6H,1-3,7-9H2,(H,20,21)(H3,18,19,23). The van der Waals surface area contributed by atoms with Gasteiger partial charge in [0.05, 0.1) is 15.7 Å². The van der Waals surface area contributed by atoms with Gasteiger partial charge in [-0.1, -0.05) is 35.7 Å². The van der Waals surface area contributed by atoms with Crippen LogP contribution in [0.25, 0.3) is 0 Å². The molecule has 0 aromatic heterocycles. The van der Waals surface area contributed by atoms with Crippen molar-refractivity contribution >= 4 is 46.8 Å². The van der Waals surface area contributed by atoms with E-state index < -0.39 is 24.5 Å². The van der Waals surface area contributed by atoms with E-state index in [1.54, 1.807) is 18.2 Å². The van der Waals surface area contributed by atoms with E-state index >= 15 is 0 Å². The molecule has 0 unspecified atom stereocenters. The van der Waals surface area contributed by atoms with Crippen molar-refractivity contribution in [2.45, 2.75) is 25.7 Å². The van der Waals surface area contributed by atoms with Crippen molar-refractivity contribution < 1.29 is 19.1 Å². The van der Waals surface area contributed by atoms with Crippen LogP contribution in [0, 0.1) is 0 Å². The van der Waals surface area contributed by atoms with Crippen LogP contribution in [0.15, 0.2) is 18.2 Å². The first-order chi connectivity index (χ1) is 11.4. The fourth-order valence-corrected chi connectivity index (χ4v) is 2.29. The van der Waals surface area contributed by atoms with Crippen molar-refractivity contribution in [2.24, 2.45) is 5.73 Å². The lowest BCUT2D eigenvalue weighted by atomic mass is 10.2. The first kappa shape index (κ1) is 20.1. The molecule has 0 aliphatic carbocycles. The Balaban J connectivity index is 2.20. The predicted octanol–water partition coefficient (Wildman–Crippen LogP) is 2.70. The van der Waals surface area contributed by atoms with E-state index in [0.29, 0.717) is 29.4 Å². The lowest BCUT2D eigenvalue weighted by molar-refractivity contribution is -0.147. The number of hydrogen-bond donors (Lipinski definition) is 3. The molecule has 0 bridgehead atoms. The summed E-state index contributed by atoms with van der Waals surface area (Å²) in [5.74, 6) is -0.998. The Labute approximate surface area is 149 Å². The molecule has 0 aliphatic heterocycles. The van der Waals surface area contributed by atoms with Gasteiger partial charge in [-0.2, -0.15) is 0 Å². The lowest BCUT2D eigenvalue weighted by Crippen LogP contribution is -2.29. The first-order valence-electron chi connectivity index (χ1n) is 7.33. The fourth-order valence-electron chi connectivity index (χ4n) is 1.79. The number of nitrogens with one attached hydrogen (secondary N) is 2. The van der Waals surface area contributed by atoms with E-state index in [1.807, 2.05) is 0 Å². The number of hydrogen-bond acceptors (Lipinski definition) is 4. The molecule has 1 aromatic carbocycles. The van der Waals surface area contributed by atoms with Crippen molar-refractivity contribution in [3.63, 3.8) is 0 Å². The number of ether oxygens (including phenoxy) is 1. The zero-order valence-corrected chi connectivity index (χ0v) is 14.5. The summed E-state index contributed by atoms with van der Waals surface area (Å²) in [6, 6.07) is 4.25. The Kier molecular flexibility index (Phi) is 8.96. The highest BCUT2D eigenvalue weighted by Crippen LogP contribution is 2.29. The molecule has 0 radical (unpaired) electrons. The largest absolute Gasteiger partial charge is 0.456 e. The third-order valence-electron chi connectivity index (χ3n) is 2.95. The van der Waals surface area contributed by atoms with E-state index in [9.17, 15) is 14.4 Å². The Bertz CT molecular complexity index is 576. The minimum atomic E-state index is -0.570. The second-order valence-electron chi connectivity index (χ2n) is 4.91. The molecular weight excluding hydrogens is 357 g/mol. The van der Waals surface area contributed by atoms with Gasteiger partial charge >= 0.3 is 12.0 Å². The Hall–Kier alpha value is -1.99. The summed E-state index contributed by atoms with van der Waals surface area (Å²) in [6.45, 7) is 0.0506. The van der Waals surface area contributed by atoms with Gasteiger partial charge in [0.15, 0.2) is 6.61 Å². The van der Waals surface area contributed by atoms with Crippen LogP contribution in [0.4, 0.5) is 10.5 Å². The lowest BCUT2D eigenvalue weighted by Gasteiger charge is -2.09. The summed E-state index contributed by atoms with van der Waals surface area (Å²) in [5, 5.41) is 5.55. The second-order valence-corrected chi connectivity index (χ2v) is 5.72. The smallest absolute Gasteiger partial charge is 0.312 e. The van der Waals surface area contributed by atoms with Gasteiger partial charge in [0, 0.05) is 13.0 Å². The zero-order valence-electron chi connectivity index (χ0n) is 12.9. The summed E-state index contributed by atoms with van der Waals surface area (Å²) in [7, 11) is 0. The minimum Gasteiger partial charge on any atom is -0.456 e. The summed E-state index contributed by atoms with van der Waals surface area (Å²) < 4.78 is 4.87. The van der Waals surface area contributed by atoms with Crippen LogP contribution in [-0.4, -0.2) is 31.1 Å². The van der Waals surface area contributed by atoms with Crippen molar-refractivity contribution in [3.8, 4) is 0 Å². The van der Waals surface area contributed by atoms with E-state index in [2.05, 4.69) is 10.6 Å². The molecule has 24 heavy (non-hydrogen) atoms. The highest BCUT2D eigenvalue weighted by molar-refractivity contribution is 6.39. The average molecular weight is 376 g/mol. The quantitative estimate of drug-likeness (QED) is 0.455. The molecule has 0 saturated heterocycles. The number of rotatable bonds is 9. The maximum atomic E-state index is 11.7. The van der Waals surface area contributed by atoms with Crippen LogP contribution >= 0.6 is 23.2 Å². The molecule has 0 aliphatic rings. The molecule has 1 aromatic rings. The summed E-state index contributed by atoms with van der Waals surface area (Å²) in [4.78, 5) is 33.7. The van der Waals surface area contributed by atoms with Crippen molar-refractivity contribution in [2.75, 3.05) is 18.5 Å². The molecule has 132 valence electrons. The molecule has 1 rings (SSSR count). The Morgan fingerprint density at radius 3 is 2.38 bits per heavy atom. The number of unbranched alkanes of at least 4 members (excludes halogenated alkanes) is 2. The molecule has 0 atom stereocenters. The van der Waals surface area contributed by atoms with Crippen molar-refractivity contribution in [1.29, 1.82) is 0 Å². The van der Waals surface area contributed by atoms with Crippen molar-refractivity contribution in [1.82, 2.24) is 5.32 Å². The molecule has 4 N–H and O–H groups in total. The van der Waals surface area contributed by atoms with E-state index in [4.69, 9.17) is 33.7 Å². The Morgan fingerprint density at radius 1 is 1.08 bits per heavy atom. The molecule has 3 amide bonds. The van der Waals surface area contributed by atoms with Crippen molar-refractivity contribution in [3.05, 3.63) is 28.2 Å². The number of carbonyl (C=O) groups excluding carboxylic acids is 3. The molecule has 9 heteroatoms. The van der Waals surface area contributed by atoms with Gasteiger partial charge in [-0.15, -0.1) is 0 Å². The number of carbonyl (C=O) groups is 3. The minimum absolute atomic E-state index is 0.191. The number of esters is 1. The molecular formula is C15H19Cl2N3O4. The van der Waals surface area contributed by atoms with Crippen LogP contribution in [0.3, 0.4) is 0 Å². The average Bonchev–Trinajstić information content (AvgIpc) is 2.52. The number of halogens is 2. The van der Waals surface area contributed by atoms with Gasteiger partial charge in [0.1, 0.15) is 0 Å². The van der Waals surface area contributed by atoms with Gasteiger partial charge in [-0.25, -0.2) is 4.79 Å². The summed E-state index contributed by atoms with van der Waals surface area (Å²) >= 11 is 11.9. The van der Waals surface area contributed by atoms with Crippen LogP contribution < -0.4 is 16.4 Å². The topological polar surface area (TPSA) is 111 Å². The van der Waals surface area contributed by atoms with Gasteiger partial charge in [-0.3, -0.25) is 9.59 Å². The van der Waals surface area contributed by atoms with Crippen LogP contribution in [0.2, 0.25) is 10.0 Å². The first-order valence-corrected chi connectivity index (χ1v) is 8.08. The van der Waals surface area contributed by atoms with Crippen LogP contribution in [0.1, 0.15) is 25.7 Å². The summed E-state index contributed by atoms with van der Waals surface area (Å²) in [6.07, 6.45) is 2.23. The van der Waals surface area contributed by atoms with Crippen LogP contribution in [-0.2, 0) is 14.3 Å². The third kappa shape index (κ3) is 8.03. The number of urea groups is 1. The Morgan fingerprint density at radius 2 is 1.75 bits per heavy atom. The second kappa shape index (κ2) is 10.7. The maximum absolute atomic E-state index is 11.7. The van der Waals surface area contributed by atoms with E-state index in [1.165, 1.54) is 0 Å². The highest BCUT2D eigenvalue weighted by atomic mass is 35.5. The van der Waals surface area contributed by atoms with Gasteiger partial charge < -0.3 is 21.1 Å². The third-order valence-corrected chi connectivity index (χ3v) is 3.58. The molecule has 0 spiro atoms. The number of para-hydroxylation sites is 1. The number of benzene rings is 1. The molecule has 0 heterocycles. The number of primary amides is 1. The number of nitrogens with two attached hydrogens (primary N) is 1. The molecule has 0 saturated carbocycles. The van der Waals surface area contributed by atoms with Gasteiger partial charge in [-0.05, 0) is 25.0 Å². The fraction of sp³-hybridized carbons (Fsp3) is 0.400. The van der Waals surface area contributed by atoms with E-state index in [-0.39, 0.29) is 12.1 Å². The monoisotopic (exact) mass is 375 g/mol. The number of anilines is 1. The zero-order chi connectivity index (χ0) is 17.9. The molecule has 0 fully saturated rings. The van der Waals surface area contributed by atoms with E-state index in [0.717, 1.165) is 6.42 Å².